The van der Waals surface area contributed by atoms with Gasteiger partial charge in [0.25, 0.3) is 0 Å². The topological polar surface area (TPSA) is 0 Å². The normalized spacial score (nSPS) is 12.1. The fourth-order valence-electron chi connectivity index (χ4n) is 5.50. The molecule has 0 atom stereocenters. The SMILES string of the molecule is Cc1ccc(-c2ccc(-c3ccc(C(C)(C)CCC(C)(C)c4ccc(-c5ccc(-c6ccccc6)cc5)cc4)s3)s2)s1. The van der Waals surface area contributed by atoms with Gasteiger partial charge >= 0.3 is 0 Å². The summed E-state index contributed by atoms with van der Waals surface area (Å²) in [5.41, 5.74) is 6.69. The van der Waals surface area contributed by atoms with E-state index in [0.29, 0.717) is 0 Å². The molecular formula is C39H38S3. The van der Waals surface area contributed by atoms with Gasteiger partial charge in [0.05, 0.1) is 0 Å². The van der Waals surface area contributed by atoms with Crippen LogP contribution in [0.3, 0.4) is 0 Å². The molecule has 0 amide bonds. The molecule has 6 rings (SSSR count). The highest BCUT2D eigenvalue weighted by molar-refractivity contribution is 7.26. The Labute approximate surface area is 263 Å². The lowest BCUT2D eigenvalue weighted by molar-refractivity contribution is 0.379. The predicted molar refractivity (Wildman–Crippen MR) is 188 cm³/mol. The Kier molecular flexibility index (Phi) is 8.11. The highest BCUT2D eigenvalue weighted by atomic mass is 32.1. The van der Waals surface area contributed by atoms with Gasteiger partial charge in [-0.3, -0.25) is 0 Å². The van der Waals surface area contributed by atoms with Crippen LogP contribution in [0.1, 0.15) is 55.9 Å². The Hall–Kier alpha value is -3.24. The minimum atomic E-state index is 0.106. The van der Waals surface area contributed by atoms with Gasteiger partial charge in [0, 0.05) is 29.3 Å². The summed E-state index contributed by atoms with van der Waals surface area (Å²) in [6.45, 7) is 11.8. The molecule has 6 aromatic rings. The van der Waals surface area contributed by atoms with E-state index in [9.17, 15) is 0 Å². The van der Waals surface area contributed by atoms with Crippen LogP contribution in [0.25, 0.3) is 41.8 Å². The highest BCUT2D eigenvalue weighted by Crippen LogP contribution is 2.44. The number of hydrogen-bond acceptors (Lipinski definition) is 3. The Balaban J connectivity index is 1.11. The molecule has 0 aliphatic carbocycles. The van der Waals surface area contributed by atoms with E-state index in [1.165, 1.54) is 57.1 Å². The standard InChI is InChI=1S/C39H38S3/c1-27-11-20-33(40-27)34-21-22-35(41-34)36-23-24-37(42-36)39(4,5)26-25-38(2,3)32-18-16-31(17-19-32)30-14-12-29(13-15-30)28-9-7-6-8-10-28/h6-24H,25-26H2,1-5H3. The molecule has 0 N–H and O–H groups in total. The maximum Gasteiger partial charge on any atom is 0.0449 e. The van der Waals surface area contributed by atoms with E-state index in [4.69, 9.17) is 0 Å². The fourth-order valence-corrected chi connectivity index (χ4v) is 8.69. The van der Waals surface area contributed by atoms with Gasteiger partial charge in [-0.15, -0.1) is 34.0 Å². The van der Waals surface area contributed by atoms with E-state index in [0.717, 1.165) is 12.8 Å². The van der Waals surface area contributed by atoms with Crippen molar-refractivity contribution in [3.8, 4) is 41.8 Å². The molecule has 0 fully saturated rings. The van der Waals surface area contributed by atoms with Gasteiger partial charge in [-0.1, -0.05) is 107 Å². The lowest BCUT2D eigenvalue weighted by Gasteiger charge is -2.31. The van der Waals surface area contributed by atoms with Crippen molar-refractivity contribution in [1.29, 1.82) is 0 Å². The summed E-state index contributed by atoms with van der Waals surface area (Å²) in [6, 6.07) is 42.5. The summed E-state index contributed by atoms with van der Waals surface area (Å²) in [4.78, 5) is 8.34. The van der Waals surface area contributed by atoms with Crippen molar-refractivity contribution >= 4 is 34.0 Å². The van der Waals surface area contributed by atoms with E-state index in [1.807, 2.05) is 34.0 Å². The van der Waals surface area contributed by atoms with E-state index in [2.05, 4.69) is 150 Å². The maximum absolute atomic E-state index is 2.41. The molecular weight excluding hydrogens is 565 g/mol. The first-order valence-electron chi connectivity index (χ1n) is 14.7. The average Bonchev–Trinajstić information content (AvgIpc) is 3.78. The molecule has 0 radical (unpaired) electrons. The van der Waals surface area contributed by atoms with Crippen LogP contribution < -0.4 is 0 Å². The van der Waals surface area contributed by atoms with Gasteiger partial charge in [-0.2, -0.15) is 0 Å². The number of rotatable bonds is 9. The molecule has 0 aliphatic rings. The zero-order valence-corrected chi connectivity index (χ0v) is 27.6. The summed E-state index contributed by atoms with van der Waals surface area (Å²) in [5.74, 6) is 0. The zero-order valence-electron chi connectivity index (χ0n) is 25.1. The van der Waals surface area contributed by atoms with E-state index < -0.39 is 0 Å². The number of benzene rings is 3. The predicted octanol–water partition coefficient (Wildman–Crippen LogP) is 12.9. The second-order valence-electron chi connectivity index (χ2n) is 12.5. The second-order valence-corrected chi connectivity index (χ2v) is 16.0. The first kappa shape index (κ1) is 28.9. The van der Waals surface area contributed by atoms with Crippen molar-refractivity contribution in [2.75, 3.05) is 0 Å². The summed E-state index contributed by atoms with van der Waals surface area (Å²) in [7, 11) is 0. The molecule has 3 aromatic heterocycles. The molecule has 0 bridgehead atoms. The second kappa shape index (κ2) is 11.8. The van der Waals surface area contributed by atoms with Crippen LogP contribution in [0, 0.1) is 6.92 Å². The van der Waals surface area contributed by atoms with Crippen LogP contribution in [-0.4, -0.2) is 0 Å². The van der Waals surface area contributed by atoms with Crippen molar-refractivity contribution in [2.24, 2.45) is 0 Å². The van der Waals surface area contributed by atoms with Crippen molar-refractivity contribution < 1.29 is 0 Å². The van der Waals surface area contributed by atoms with Crippen molar-refractivity contribution in [1.82, 2.24) is 0 Å². The summed E-state index contributed by atoms with van der Waals surface area (Å²) in [5, 5.41) is 0. The van der Waals surface area contributed by atoms with E-state index in [1.54, 1.807) is 0 Å². The molecule has 212 valence electrons. The smallest absolute Gasteiger partial charge is 0.0449 e. The molecule has 3 heterocycles. The van der Waals surface area contributed by atoms with Gasteiger partial charge in [0.2, 0.25) is 0 Å². The summed E-state index contributed by atoms with van der Waals surface area (Å²) < 4.78 is 0. The number of thiophene rings is 3. The van der Waals surface area contributed by atoms with Crippen LogP contribution in [0.4, 0.5) is 0 Å². The number of hydrogen-bond donors (Lipinski definition) is 0. The van der Waals surface area contributed by atoms with Gasteiger partial charge in [-0.05, 0) is 94.8 Å². The molecule has 0 unspecified atom stereocenters. The number of aryl methyl sites for hydroxylation is 1. The van der Waals surface area contributed by atoms with Gasteiger partial charge in [0.1, 0.15) is 0 Å². The van der Waals surface area contributed by atoms with Gasteiger partial charge < -0.3 is 0 Å². The minimum Gasteiger partial charge on any atom is -0.140 e. The Morgan fingerprint density at radius 1 is 0.429 bits per heavy atom. The third-order valence-corrected chi connectivity index (χ3v) is 12.4. The molecule has 0 saturated heterocycles. The van der Waals surface area contributed by atoms with Crippen LogP contribution in [-0.2, 0) is 10.8 Å². The lowest BCUT2D eigenvalue weighted by Crippen LogP contribution is -2.23. The largest absolute Gasteiger partial charge is 0.140 e. The molecule has 0 spiro atoms. The van der Waals surface area contributed by atoms with Crippen molar-refractivity contribution in [3.63, 3.8) is 0 Å². The minimum absolute atomic E-state index is 0.106. The van der Waals surface area contributed by atoms with Gasteiger partial charge in [0.15, 0.2) is 0 Å². The third kappa shape index (κ3) is 6.24. The van der Waals surface area contributed by atoms with Crippen LogP contribution >= 0.6 is 34.0 Å². The molecule has 0 nitrogen and oxygen atoms in total. The highest BCUT2D eigenvalue weighted by Gasteiger charge is 2.28. The first-order chi connectivity index (χ1) is 20.2. The third-order valence-electron chi connectivity index (χ3n) is 8.47. The van der Waals surface area contributed by atoms with Crippen molar-refractivity contribution in [3.05, 3.63) is 131 Å². The fraction of sp³-hybridized carbons (Fsp3) is 0.231. The van der Waals surface area contributed by atoms with Crippen LogP contribution in [0.15, 0.2) is 115 Å². The Morgan fingerprint density at radius 3 is 1.45 bits per heavy atom. The van der Waals surface area contributed by atoms with Crippen LogP contribution in [0.2, 0.25) is 0 Å². The summed E-state index contributed by atoms with van der Waals surface area (Å²) in [6.07, 6.45) is 2.28. The molecule has 3 heteroatoms. The molecule has 42 heavy (non-hydrogen) atoms. The monoisotopic (exact) mass is 602 g/mol. The molecule has 0 aliphatic heterocycles. The Bertz CT molecular complexity index is 1760. The van der Waals surface area contributed by atoms with Gasteiger partial charge in [-0.25, -0.2) is 0 Å². The van der Waals surface area contributed by atoms with Crippen molar-refractivity contribution in [2.45, 2.75) is 58.3 Å². The van der Waals surface area contributed by atoms with E-state index >= 15 is 0 Å². The molecule has 0 saturated carbocycles. The first-order valence-corrected chi connectivity index (χ1v) is 17.2. The molecule has 3 aromatic carbocycles. The maximum atomic E-state index is 2.41. The average molecular weight is 603 g/mol. The lowest BCUT2D eigenvalue weighted by atomic mass is 9.74. The summed E-state index contributed by atoms with van der Waals surface area (Å²) >= 11 is 5.76. The quantitative estimate of drug-likeness (QED) is 0.154. The van der Waals surface area contributed by atoms with E-state index in [-0.39, 0.29) is 10.8 Å². The van der Waals surface area contributed by atoms with Crippen LogP contribution in [0.5, 0.6) is 0 Å². The zero-order chi connectivity index (χ0) is 29.3. The Morgan fingerprint density at radius 2 is 0.881 bits per heavy atom.